The summed E-state index contributed by atoms with van der Waals surface area (Å²) >= 11 is 6.14. The second-order valence-electron chi connectivity index (χ2n) is 7.00. The van der Waals surface area contributed by atoms with Crippen LogP contribution in [0.4, 0.5) is 0 Å². The van der Waals surface area contributed by atoms with E-state index in [-0.39, 0.29) is 21.7 Å². The van der Waals surface area contributed by atoms with Gasteiger partial charge < -0.3 is 4.90 Å². The van der Waals surface area contributed by atoms with Gasteiger partial charge in [0, 0.05) is 32.1 Å². The molecule has 25 heavy (non-hydrogen) atoms. The molecule has 0 spiro atoms. The standard InChI is InChI=1S/C18H25ClN2O3S/c1-14-7-8-17(16(19)13-14)25(23,24)21-11-9-20(10-12-21)18(22)15-5-3-2-4-6-15/h7-8,13,15H,2-6,9-12H2,1H3. The molecule has 1 heterocycles. The van der Waals surface area contributed by atoms with Crippen LogP contribution in [0, 0.1) is 12.8 Å². The Morgan fingerprint density at radius 3 is 2.32 bits per heavy atom. The van der Waals surface area contributed by atoms with Gasteiger partial charge in [0.25, 0.3) is 0 Å². The molecule has 0 unspecified atom stereocenters. The number of nitrogens with zero attached hydrogens (tertiary/aromatic N) is 2. The molecule has 5 nitrogen and oxygen atoms in total. The summed E-state index contributed by atoms with van der Waals surface area (Å²) < 4.78 is 27.1. The fourth-order valence-electron chi connectivity index (χ4n) is 3.71. The summed E-state index contributed by atoms with van der Waals surface area (Å²) in [6.45, 7) is 3.43. The molecular formula is C18H25ClN2O3S. The molecule has 0 N–H and O–H groups in total. The number of amides is 1. The highest BCUT2D eigenvalue weighted by Crippen LogP contribution is 2.28. The van der Waals surface area contributed by atoms with Crippen LogP contribution in [0.1, 0.15) is 37.7 Å². The van der Waals surface area contributed by atoms with Crippen LogP contribution < -0.4 is 0 Å². The summed E-state index contributed by atoms with van der Waals surface area (Å²) in [7, 11) is -3.62. The number of hydrogen-bond acceptors (Lipinski definition) is 3. The third-order valence-electron chi connectivity index (χ3n) is 5.21. The van der Waals surface area contributed by atoms with Crippen LogP contribution in [0.5, 0.6) is 0 Å². The first-order chi connectivity index (χ1) is 11.9. The molecule has 7 heteroatoms. The molecule has 0 radical (unpaired) electrons. The number of rotatable bonds is 3. The molecule has 1 saturated carbocycles. The van der Waals surface area contributed by atoms with Crippen molar-refractivity contribution < 1.29 is 13.2 Å². The van der Waals surface area contributed by atoms with Crippen molar-refractivity contribution in [2.75, 3.05) is 26.2 Å². The summed E-state index contributed by atoms with van der Waals surface area (Å²) in [6, 6.07) is 4.98. The Balaban J connectivity index is 1.66. The zero-order valence-electron chi connectivity index (χ0n) is 14.6. The lowest BCUT2D eigenvalue weighted by Gasteiger charge is -2.36. The molecule has 138 valence electrons. The Bertz CT molecular complexity index is 737. The molecule has 0 bridgehead atoms. The normalized spacial score (nSPS) is 20.6. The predicted molar refractivity (Wildman–Crippen MR) is 98.1 cm³/mol. The molecule has 1 saturated heterocycles. The van der Waals surface area contributed by atoms with E-state index < -0.39 is 10.0 Å². The molecule has 0 aromatic heterocycles. The summed E-state index contributed by atoms with van der Waals surface area (Å²) in [5.41, 5.74) is 0.923. The fraction of sp³-hybridized carbons (Fsp3) is 0.611. The van der Waals surface area contributed by atoms with E-state index in [0.29, 0.717) is 26.2 Å². The molecule has 2 aliphatic rings. The minimum Gasteiger partial charge on any atom is -0.340 e. The number of carbonyl (C=O) groups excluding carboxylic acids is 1. The Morgan fingerprint density at radius 1 is 1.08 bits per heavy atom. The van der Waals surface area contributed by atoms with Crippen LogP contribution in [-0.4, -0.2) is 49.7 Å². The van der Waals surface area contributed by atoms with E-state index in [0.717, 1.165) is 31.2 Å². The highest BCUT2D eigenvalue weighted by atomic mass is 35.5. The van der Waals surface area contributed by atoms with Crippen molar-refractivity contribution in [1.82, 2.24) is 9.21 Å². The number of sulfonamides is 1. The average Bonchev–Trinajstić information content (AvgIpc) is 2.61. The number of aryl methyl sites for hydroxylation is 1. The second-order valence-corrected chi connectivity index (χ2v) is 9.31. The van der Waals surface area contributed by atoms with E-state index in [4.69, 9.17) is 11.6 Å². The van der Waals surface area contributed by atoms with E-state index in [1.807, 2.05) is 11.8 Å². The average molecular weight is 385 g/mol. The van der Waals surface area contributed by atoms with Gasteiger partial charge in [-0.2, -0.15) is 4.31 Å². The van der Waals surface area contributed by atoms with Gasteiger partial charge in [0.15, 0.2) is 0 Å². The molecule has 1 aliphatic heterocycles. The minimum absolute atomic E-state index is 0.128. The van der Waals surface area contributed by atoms with Gasteiger partial charge >= 0.3 is 0 Å². The van der Waals surface area contributed by atoms with Crippen molar-refractivity contribution in [3.8, 4) is 0 Å². The van der Waals surface area contributed by atoms with Gasteiger partial charge in [-0.3, -0.25) is 4.79 Å². The first-order valence-electron chi connectivity index (χ1n) is 8.94. The SMILES string of the molecule is Cc1ccc(S(=O)(=O)N2CCN(C(=O)C3CCCCC3)CC2)c(Cl)c1. The number of benzene rings is 1. The zero-order chi connectivity index (χ0) is 18.0. The number of carbonyl (C=O) groups is 1. The maximum Gasteiger partial charge on any atom is 0.244 e. The van der Waals surface area contributed by atoms with Crippen LogP contribution in [0.3, 0.4) is 0 Å². The molecule has 0 atom stereocenters. The van der Waals surface area contributed by atoms with Crippen molar-refractivity contribution in [2.24, 2.45) is 5.92 Å². The molecule has 2 fully saturated rings. The zero-order valence-corrected chi connectivity index (χ0v) is 16.2. The molecule has 1 aromatic rings. The minimum atomic E-state index is -3.62. The van der Waals surface area contributed by atoms with Crippen molar-refractivity contribution in [3.05, 3.63) is 28.8 Å². The molecule has 1 amide bonds. The quantitative estimate of drug-likeness (QED) is 0.804. The molecule has 1 aliphatic carbocycles. The summed E-state index contributed by atoms with van der Waals surface area (Å²) in [6.07, 6.45) is 5.40. The van der Waals surface area contributed by atoms with Gasteiger partial charge in [0.05, 0.1) is 5.02 Å². The highest BCUT2D eigenvalue weighted by Gasteiger charge is 2.33. The van der Waals surface area contributed by atoms with Gasteiger partial charge in [-0.05, 0) is 37.5 Å². The Hall–Kier alpha value is -1.11. The van der Waals surface area contributed by atoms with E-state index in [1.54, 1.807) is 18.2 Å². The van der Waals surface area contributed by atoms with Crippen LogP contribution in [0.15, 0.2) is 23.1 Å². The van der Waals surface area contributed by atoms with E-state index in [2.05, 4.69) is 0 Å². The van der Waals surface area contributed by atoms with E-state index in [1.165, 1.54) is 10.7 Å². The summed E-state index contributed by atoms with van der Waals surface area (Å²) in [4.78, 5) is 14.6. The van der Waals surface area contributed by atoms with Crippen LogP contribution in [0.25, 0.3) is 0 Å². The van der Waals surface area contributed by atoms with Crippen molar-refractivity contribution in [1.29, 1.82) is 0 Å². The Kier molecular flexibility index (Phi) is 5.71. The molecular weight excluding hydrogens is 360 g/mol. The fourth-order valence-corrected chi connectivity index (χ4v) is 5.71. The van der Waals surface area contributed by atoms with Crippen LogP contribution >= 0.6 is 11.6 Å². The number of hydrogen-bond donors (Lipinski definition) is 0. The predicted octanol–water partition coefficient (Wildman–Crippen LogP) is 3.06. The van der Waals surface area contributed by atoms with Gasteiger partial charge in [-0.15, -0.1) is 0 Å². The van der Waals surface area contributed by atoms with Crippen LogP contribution in [-0.2, 0) is 14.8 Å². The third-order valence-corrected chi connectivity index (χ3v) is 7.59. The maximum atomic E-state index is 12.8. The van der Waals surface area contributed by atoms with Gasteiger partial charge in [0.1, 0.15) is 4.90 Å². The second kappa shape index (κ2) is 7.64. The maximum absolute atomic E-state index is 12.8. The highest BCUT2D eigenvalue weighted by molar-refractivity contribution is 7.89. The Morgan fingerprint density at radius 2 is 1.72 bits per heavy atom. The van der Waals surface area contributed by atoms with E-state index in [9.17, 15) is 13.2 Å². The smallest absolute Gasteiger partial charge is 0.244 e. The monoisotopic (exact) mass is 384 g/mol. The van der Waals surface area contributed by atoms with Crippen LogP contribution in [0.2, 0.25) is 5.02 Å². The largest absolute Gasteiger partial charge is 0.340 e. The van der Waals surface area contributed by atoms with Gasteiger partial charge in [-0.25, -0.2) is 8.42 Å². The first kappa shape index (κ1) is 18.7. The lowest BCUT2D eigenvalue weighted by atomic mass is 9.88. The molecule has 1 aromatic carbocycles. The number of piperazine rings is 1. The molecule has 3 rings (SSSR count). The topological polar surface area (TPSA) is 57.7 Å². The summed E-state index contributed by atoms with van der Waals surface area (Å²) in [5, 5.41) is 0.251. The Labute approximate surface area is 155 Å². The van der Waals surface area contributed by atoms with E-state index >= 15 is 0 Å². The first-order valence-corrected chi connectivity index (χ1v) is 10.8. The van der Waals surface area contributed by atoms with Crippen molar-refractivity contribution in [3.63, 3.8) is 0 Å². The third kappa shape index (κ3) is 4.01. The summed E-state index contributed by atoms with van der Waals surface area (Å²) in [5.74, 6) is 0.327. The van der Waals surface area contributed by atoms with Crippen molar-refractivity contribution >= 4 is 27.5 Å². The van der Waals surface area contributed by atoms with Gasteiger partial charge in [0.2, 0.25) is 15.9 Å². The lowest BCUT2D eigenvalue weighted by Crippen LogP contribution is -2.52. The lowest BCUT2D eigenvalue weighted by molar-refractivity contribution is -0.137. The van der Waals surface area contributed by atoms with Gasteiger partial charge in [-0.1, -0.05) is 36.9 Å². The number of halogens is 1. The van der Waals surface area contributed by atoms with Crippen molar-refractivity contribution in [2.45, 2.75) is 43.9 Å².